The van der Waals surface area contributed by atoms with E-state index in [1.54, 1.807) is 36.4 Å². The maximum Gasteiger partial charge on any atom is 0.329 e. The largest absolute Gasteiger partial charge is 0.489 e. The van der Waals surface area contributed by atoms with Crippen LogP contribution in [0, 0.1) is 6.92 Å². The molecular formula is C19H18BrN3O3. The van der Waals surface area contributed by atoms with Crippen LogP contribution in [0.2, 0.25) is 0 Å². The Labute approximate surface area is 160 Å². The number of carbonyl (C=O) groups excluding carboxylic acids is 2. The van der Waals surface area contributed by atoms with Crippen molar-refractivity contribution in [1.29, 1.82) is 0 Å². The highest BCUT2D eigenvalue weighted by Crippen LogP contribution is 2.21. The second-order valence-electron chi connectivity index (χ2n) is 5.30. The minimum atomic E-state index is -0.869. The number of halogens is 1. The van der Waals surface area contributed by atoms with Gasteiger partial charge in [0.15, 0.2) is 0 Å². The molecule has 0 aromatic heterocycles. The van der Waals surface area contributed by atoms with Crippen molar-refractivity contribution in [2.45, 2.75) is 6.92 Å². The van der Waals surface area contributed by atoms with Gasteiger partial charge in [0.05, 0.1) is 6.21 Å². The summed E-state index contributed by atoms with van der Waals surface area (Å²) in [5.74, 6) is -1.09. The quantitative estimate of drug-likeness (QED) is 0.328. The molecule has 26 heavy (non-hydrogen) atoms. The van der Waals surface area contributed by atoms with E-state index in [0.29, 0.717) is 23.6 Å². The lowest BCUT2D eigenvalue weighted by Crippen LogP contribution is -2.32. The van der Waals surface area contributed by atoms with Crippen LogP contribution in [0.15, 0.2) is 64.7 Å². The van der Waals surface area contributed by atoms with E-state index in [-0.39, 0.29) is 0 Å². The summed E-state index contributed by atoms with van der Waals surface area (Å²) in [5.41, 5.74) is 4.35. The fourth-order valence-electron chi connectivity index (χ4n) is 2.02. The molecule has 2 aromatic carbocycles. The Morgan fingerprint density at radius 2 is 2.04 bits per heavy atom. The van der Waals surface area contributed by atoms with Crippen molar-refractivity contribution < 1.29 is 14.3 Å². The zero-order valence-electron chi connectivity index (χ0n) is 14.2. The third kappa shape index (κ3) is 5.86. The van der Waals surface area contributed by atoms with Gasteiger partial charge < -0.3 is 10.1 Å². The molecule has 0 aliphatic heterocycles. The zero-order valence-corrected chi connectivity index (χ0v) is 15.7. The highest BCUT2D eigenvalue weighted by Gasteiger charge is 2.13. The zero-order chi connectivity index (χ0) is 18.9. The van der Waals surface area contributed by atoms with Crippen molar-refractivity contribution in [3.05, 3.63) is 70.7 Å². The van der Waals surface area contributed by atoms with Gasteiger partial charge in [-0.25, -0.2) is 5.43 Å². The van der Waals surface area contributed by atoms with Crippen molar-refractivity contribution in [3.8, 4) is 5.75 Å². The number of hydrogen-bond donors (Lipinski definition) is 2. The van der Waals surface area contributed by atoms with Gasteiger partial charge in [-0.15, -0.1) is 0 Å². The molecule has 7 heteroatoms. The number of amides is 2. The molecule has 2 N–H and O–H groups in total. The van der Waals surface area contributed by atoms with E-state index in [0.717, 1.165) is 10.0 Å². The van der Waals surface area contributed by atoms with Gasteiger partial charge in [0.2, 0.25) is 0 Å². The minimum Gasteiger partial charge on any atom is -0.489 e. The number of carbonyl (C=O) groups is 2. The summed E-state index contributed by atoms with van der Waals surface area (Å²) in [6.45, 7) is 5.83. The van der Waals surface area contributed by atoms with E-state index < -0.39 is 11.8 Å². The van der Waals surface area contributed by atoms with Crippen LogP contribution in [0.3, 0.4) is 0 Å². The van der Waals surface area contributed by atoms with Crippen molar-refractivity contribution in [1.82, 2.24) is 5.43 Å². The van der Waals surface area contributed by atoms with Crippen LogP contribution in [0.25, 0.3) is 0 Å². The van der Waals surface area contributed by atoms with Gasteiger partial charge in [-0.3, -0.25) is 9.59 Å². The maximum absolute atomic E-state index is 11.9. The Kier molecular flexibility index (Phi) is 7.11. The van der Waals surface area contributed by atoms with Crippen LogP contribution < -0.4 is 15.5 Å². The van der Waals surface area contributed by atoms with Gasteiger partial charge in [-0.2, -0.15) is 5.10 Å². The molecule has 0 heterocycles. The average molecular weight is 416 g/mol. The van der Waals surface area contributed by atoms with Crippen LogP contribution in [0.4, 0.5) is 5.69 Å². The normalized spacial score (nSPS) is 10.4. The van der Waals surface area contributed by atoms with Gasteiger partial charge in [-0.1, -0.05) is 40.7 Å². The van der Waals surface area contributed by atoms with E-state index in [1.807, 2.05) is 19.1 Å². The fourth-order valence-corrected chi connectivity index (χ4v) is 2.40. The lowest BCUT2D eigenvalue weighted by atomic mass is 10.2. The monoisotopic (exact) mass is 415 g/mol. The van der Waals surface area contributed by atoms with Crippen LogP contribution in [-0.4, -0.2) is 24.6 Å². The maximum atomic E-state index is 11.9. The van der Waals surface area contributed by atoms with Gasteiger partial charge in [-0.05, 0) is 42.8 Å². The van der Waals surface area contributed by atoms with Crippen LogP contribution in [0.5, 0.6) is 5.75 Å². The third-order valence-corrected chi connectivity index (χ3v) is 3.67. The van der Waals surface area contributed by atoms with Crippen molar-refractivity contribution in [3.63, 3.8) is 0 Å². The van der Waals surface area contributed by atoms with E-state index in [1.165, 1.54) is 6.21 Å². The number of rotatable bonds is 6. The minimum absolute atomic E-state index is 0.341. The second-order valence-corrected chi connectivity index (χ2v) is 6.22. The van der Waals surface area contributed by atoms with Crippen LogP contribution >= 0.6 is 15.9 Å². The van der Waals surface area contributed by atoms with Crippen molar-refractivity contribution >= 4 is 39.6 Å². The predicted octanol–water partition coefficient (Wildman–Crippen LogP) is 3.41. The van der Waals surface area contributed by atoms with E-state index in [4.69, 9.17) is 4.74 Å². The molecule has 0 unspecified atom stereocenters. The first-order valence-electron chi connectivity index (χ1n) is 7.74. The van der Waals surface area contributed by atoms with Crippen LogP contribution in [0.1, 0.15) is 11.1 Å². The summed E-state index contributed by atoms with van der Waals surface area (Å²) in [4.78, 5) is 23.7. The molecule has 0 saturated carbocycles. The summed E-state index contributed by atoms with van der Waals surface area (Å²) in [6, 6.07) is 12.5. The molecule has 0 atom stereocenters. The molecule has 134 valence electrons. The number of hydrogen-bond acceptors (Lipinski definition) is 4. The number of nitrogens with zero attached hydrogens (tertiary/aromatic N) is 1. The van der Waals surface area contributed by atoms with E-state index in [2.05, 4.69) is 38.4 Å². The van der Waals surface area contributed by atoms with E-state index in [9.17, 15) is 9.59 Å². The van der Waals surface area contributed by atoms with Crippen molar-refractivity contribution in [2.75, 3.05) is 11.9 Å². The smallest absolute Gasteiger partial charge is 0.329 e. The summed E-state index contributed by atoms with van der Waals surface area (Å²) < 4.78 is 6.34. The molecule has 0 aliphatic carbocycles. The standard InChI is InChI=1S/C19H18BrN3O3/c1-3-9-26-17-8-7-15(20)11-14(17)12-21-23-19(25)18(24)22-16-6-4-5-13(2)10-16/h3-8,10-12H,1,9H2,2H3,(H,22,24)(H,23,25)/b21-12+. The number of nitrogens with one attached hydrogen (secondary N) is 2. The molecule has 0 radical (unpaired) electrons. The lowest BCUT2D eigenvalue weighted by Gasteiger charge is -2.07. The highest BCUT2D eigenvalue weighted by molar-refractivity contribution is 9.10. The molecule has 2 aromatic rings. The lowest BCUT2D eigenvalue weighted by molar-refractivity contribution is -0.136. The van der Waals surface area contributed by atoms with Gasteiger partial charge >= 0.3 is 11.8 Å². The Hall–Kier alpha value is -2.93. The molecule has 0 fully saturated rings. The number of benzene rings is 2. The predicted molar refractivity (Wildman–Crippen MR) is 105 cm³/mol. The first kappa shape index (κ1) is 19.4. The number of anilines is 1. The fraction of sp³-hybridized carbons (Fsp3) is 0.105. The molecule has 2 amide bonds. The van der Waals surface area contributed by atoms with E-state index >= 15 is 0 Å². The Morgan fingerprint density at radius 1 is 1.23 bits per heavy atom. The van der Waals surface area contributed by atoms with Crippen LogP contribution in [-0.2, 0) is 9.59 Å². The molecule has 0 aliphatic rings. The molecule has 0 spiro atoms. The first-order chi connectivity index (χ1) is 12.5. The number of aryl methyl sites for hydroxylation is 1. The number of hydrazone groups is 1. The first-order valence-corrected chi connectivity index (χ1v) is 8.53. The summed E-state index contributed by atoms with van der Waals surface area (Å²) in [7, 11) is 0. The molecule has 0 bridgehead atoms. The molecule has 6 nitrogen and oxygen atoms in total. The molecule has 0 saturated heterocycles. The average Bonchev–Trinajstić information content (AvgIpc) is 2.61. The molecule has 2 rings (SSSR count). The summed E-state index contributed by atoms with van der Waals surface area (Å²) >= 11 is 3.36. The SMILES string of the molecule is C=CCOc1ccc(Br)cc1/C=N/NC(=O)C(=O)Nc1cccc(C)c1. The van der Waals surface area contributed by atoms with Gasteiger partial charge in [0.25, 0.3) is 0 Å². The van der Waals surface area contributed by atoms with Gasteiger partial charge in [0, 0.05) is 15.7 Å². The molecular weight excluding hydrogens is 398 g/mol. The second kappa shape index (κ2) is 9.53. The summed E-state index contributed by atoms with van der Waals surface area (Å²) in [6.07, 6.45) is 3.03. The number of ether oxygens (including phenoxy) is 1. The topological polar surface area (TPSA) is 79.8 Å². The Morgan fingerprint density at radius 3 is 2.77 bits per heavy atom. The Balaban J connectivity index is 1.99. The highest BCUT2D eigenvalue weighted by atomic mass is 79.9. The third-order valence-electron chi connectivity index (χ3n) is 3.18. The Bertz CT molecular complexity index is 850. The summed E-state index contributed by atoms with van der Waals surface area (Å²) in [5, 5.41) is 6.33. The van der Waals surface area contributed by atoms with Crippen molar-refractivity contribution in [2.24, 2.45) is 5.10 Å². The van der Waals surface area contributed by atoms with Gasteiger partial charge in [0.1, 0.15) is 12.4 Å².